The molecule has 4 atom stereocenters. The molecule has 0 nitrogen and oxygen atoms in total. The van der Waals surface area contributed by atoms with Crippen molar-refractivity contribution in [2.75, 3.05) is 0 Å². The van der Waals surface area contributed by atoms with Crippen molar-refractivity contribution in [1.82, 2.24) is 0 Å². The minimum Gasteiger partial charge on any atom is -0.0654 e. The highest BCUT2D eigenvalue weighted by molar-refractivity contribution is 5.03. The minimum atomic E-state index is 1.01. The third-order valence-corrected chi connectivity index (χ3v) is 4.09. The first-order chi connectivity index (χ1) is 5.75. The predicted octanol–water partition coefficient (Wildman–Crippen LogP) is 3.71. The second kappa shape index (κ2) is 3.05. The van der Waals surface area contributed by atoms with Crippen molar-refractivity contribution in [3.63, 3.8) is 0 Å². The molecule has 2 rings (SSSR count). The van der Waals surface area contributed by atoms with Gasteiger partial charge in [-0.1, -0.05) is 33.6 Å². The monoisotopic (exact) mass is 166 g/mol. The van der Waals surface area contributed by atoms with E-state index in [0.717, 1.165) is 29.6 Å². The molecule has 12 heavy (non-hydrogen) atoms. The summed E-state index contributed by atoms with van der Waals surface area (Å²) in [5.74, 6) is 5.49. The molecule has 4 unspecified atom stereocenters. The maximum atomic E-state index is 2.47. The molecule has 70 valence electrons. The van der Waals surface area contributed by atoms with Crippen LogP contribution in [0.1, 0.15) is 46.5 Å². The molecule has 0 bridgehead atoms. The molecule has 2 fully saturated rings. The zero-order valence-corrected chi connectivity index (χ0v) is 8.72. The Hall–Kier alpha value is 0. The van der Waals surface area contributed by atoms with E-state index >= 15 is 0 Å². The van der Waals surface area contributed by atoms with Crippen LogP contribution < -0.4 is 0 Å². The van der Waals surface area contributed by atoms with Crippen molar-refractivity contribution in [3.05, 3.63) is 0 Å². The summed E-state index contributed by atoms with van der Waals surface area (Å²) in [6.07, 6.45) is 5.93. The van der Waals surface area contributed by atoms with E-state index in [1.165, 1.54) is 12.8 Å². The first-order valence-electron chi connectivity index (χ1n) is 5.75. The van der Waals surface area contributed by atoms with Gasteiger partial charge < -0.3 is 0 Å². The maximum Gasteiger partial charge on any atom is -0.0324 e. The molecule has 0 aromatic rings. The SMILES string of the molecule is CCCC(C)C1C(C)C1C1CC1. The van der Waals surface area contributed by atoms with E-state index in [2.05, 4.69) is 20.8 Å². The predicted molar refractivity (Wildman–Crippen MR) is 52.9 cm³/mol. The molecular formula is C12H22. The van der Waals surface area contributed by atoms with Gasteiger partial charge in [0.2, 0.25) is 0 Å². The van der Waals surface area contributed by atoms with Gasteiger partial charge in [0.15, 0.2) is 0 Å². The summed E-state index contributed by atoms with van der Waals surface area (Å²) >= 11 is 0. The van der Waals surface area contributed by atoms with Crippen LogP contribution in [0.25, 0.3) is 0 Å². The Morgan fingerprint density at radius 3 is 2.50 bits per heavy atom. The van der Waals surface area contributed by atoms with Crippen LogP contribution in [0.5, 0.6) is 0 Å². The van der Waals surface area contributed by atoms with Gasteiger partial charge >= 0.3 is 0 Å². The van der Waals surface area contributed by atoms with Crippen molar-refractivity contribution in [2.24, 2.45) is 29.6 Å². The van der Waals surface area contributed by atoms with Crippen molar-refractivity contribution >= 4 is 0 Å². The van der Waals surface area contributed by atoms with Crippen LogP contribution in [0.4, 0.5) is 0 Å². The van der Waals surface area contributed by atoms with Crippen LogP contribution in [0.2, 0.25) is 0 Å². The van der Waals surface area contributed by atoms with E-state index in [1.54, 1.807) is 12.8 Å². The van der Waals surface area contributed by atoms with E-state index in [1.807, 2.05) is 0 Å². The average Bonchev–Trinajstić information content (AvgIpc) is 2.82. The van der Waals surface area contributed by atoms with Crippen LogP contribution in [-0.4, -0.2) is 0 Å². The van der Waals surface area contributed by atoms with Gasteiger partial charge in [0.05, 0.1) is 0 Å². The number of hydrogen-bond donors (Lipinski definition) is 0. The average molecular weight is 166 g/mol. The fraction of sp³-hybridized carbons (Fsp3) is 1.00. The molecule has 2 saturated carbocycles. The van der Waals surface area contributed by atoms with Gasteiger partial charge in [-0.2, -0.15) is 0 Å². The quantitative estimate of drug-likeness (QED) is 0.597. The molecule has 0 spiro atoms. The highest BCUT2D eigenvalue weighted by Crippen LogP contribution is 2.61. The largest absolute Gasteiger partial charge is 0.0654 e. The third kappa shape index (κ3) is 1.41. The van der Waals surface area contributed by atoms with Crippen LogP contribution in [0, 0.1) is 29.6 Å². The third-order valence-electron chi connectivity index (χ3n) is 4.09. The van der Waals surface area contributed by atoms with Gasteiger partial charge in [0, 0.05) is 0 Å². The lowest BCUT2D eigenvalue weighted by Crippen LogP contribution is -1.99. The van der Waals surface area contributed by atoms with Crippen molar-refractivity contribution in [2.45, 2.75) is 46.5 Å². The van der Waals surface area contributed by atoms with E-state index in [4.69, 9.17) is 0 Å². The fourth-order valence-electron chi connectivity index (χ4n) is 3.30. The lowest BCUT2D eigenvalue weighted by molar-refractivity contribution is 0.418. The van der Waals surface area contributed by atoms with Gasteiger partial charge in [-0.25, -0.2) is 0 Å². The highest BCUT2D eigenvalue weighted by Gasteiger charge is 2.55. The first-order valence-corrected chi connectivity index (χ1v) is 5.75. The Bertz CT molecular complexity index is 157. The Labute approximate surface area is 76.7 Å². The summed E-state index contributed by atoms with van der Waals surface area (Å²) in [6, 6.07) is 0. The van der Waals surface area contributed by atoms with Gasteiger partial charge in [0.25, 0.3) is 0 Å². The number of hydrogen-bond acceptors (Lipinski definition) is 0. The molecule has 0 aliphatic heterocycles. The molecule has 0 radical (unpaired) electrons. The Balaban J connectivity index is 1.81. The molecule has 0 heterocycles. The van der Waals surface area contributed by atoms with Crippen LogP contribution in [-0.2, 0) is 0 Å². The zero-order valence-electron chi connectivity index (χ0n) is 8.72. The lowest BCUT2D eigenvalue weighted by Gasteiger charge is -2.08. The van der Waals surface area contributed by atoms with Gasteiger partial charge in [-0.15, -0.1) is 0 Å². The minimum absolute atomic E-state index is 1.01. The Morgan fingerprint density at radius 1 is 1.33 bits per heavy atom. The smallest absolute Gasteiger partial charge is 0.0324 e. The zero-order chi connectivity index (χ0) is 8.72. The molecule has 0 aromatic heterocycles. The molecule has 2 aliphatic rings. The summed E-state index contributed by atoms with van der Waals surface area (Å²) in [6.45, 7) is 7.25. The summed E-state index contributed by atoms with van der Waals surface area (Å²) in [4.78, 5) is 0. The summed E-state index contributed by atoms with van der Waals surface area (Å²) < 4.78 is 0. The van der Waals surface area contributed by atoms with Crippen molar-refractivity contribution in [3.8, 4) is 0 Å². The maximum absolute atomic E-state index is 2.47. The van der Waals surface area contributed by atoms with E-state index < -0.39 is 0 Å². The first kappa shape index (κ1) is 8.59. The molecule has 0 N–H and O–H groups in total. The molecular weight excluding hydrogens is 144 g/mol. The number of rotatable bonds is 4. The fourth-order valence-corrected chi connectivity index (χ4v) is 3.30. The molecule has 0 aromatic carbocycles. The molecule has 0 saturated heterocycles. The van der Waals surface area contributed by atoms with Gasteiger partial charge in [0.1, 0.15) is 0 Å². The Morgan fingerprint density at radius 2 is 2.00 bits per heavy atom. The van der Waals surface area contributed by atoms with Gasteiger partial charge in [-0.05, 0) is 42.4 Å². The molecule has 2 aliphatic carbocycles. The van der Waals surface area contributed by atoms with E-state index in [-0.39, 0.29) is 0 Å². The standard InChI is InChI=1S/C12H22/c1-4-5-8(2)11-9(3)12(11)10-6-7-10/h8-12H,4-7H2,1-3H3. The molecule has 0 heteroatoms. The Kier molecular flexibility index (Phi) is 2.18. The second-order valence-corrected chi connectivity index (χ2v) is 5.12. The van der Waals surface area contributed by atoms with E-state index in [0.29, 0.717) is 0 Å². The summed E-state index contributed by atoms with van der Waals surface area (Å²) in [5.41, 5.74) is 0. The summed E-state index contributed by atoms with van der Waals surface area (Å²) in [5, 5.41) is 0. The van der Waals surface area contributed by atoms with E-state index in [9.17, 15) is 0 Å². The van der Waals surface area contributed by atoms with Gasteiger partial charge in [-0.3, -0.25) is 0 Å². The van der Waals surface area contributed by atoms with Crippen LogP contribution in [0.15, 0.2) is 0 Å². The van der Waals surface area contributed by atoms with Crippen molar-refractivity contribution < 1.29 is 0 Å². The summed E-state index contributed by atoms with van der Waals surface area (Å²) in [7, 11) is 0. The van der Waals surface area contributed by atoms with Crippen LogP contribution >= 0.6 is 0 Å². The van der Waals surface area contributed by atoms with Crippen molar-refractivity contribution in [1.29, 1.82) is 0 Å². The topological polar surface area (TPSA) is 0 Å². The second-order valence-electron chi connectivity index (χ2n) is 5.12. The normalized spacial score (nSPS) is 42.8. The molecule has 0 amide bonds. The van der Waals surface area contributed by atoms with Crippen LogP contribution in [0.3, 0.4) is 0 Å². The lowest BCUT2D eigenvalue weighted by atomic mass is 9.97. The highest BCUT2D eigenvalue weighted by atomic mass is 14.6.